The Kier molecular flexibility index (Phi) is 4.58. The maximum atomic E-state index is 13.2. The third-order valence-electron chi connectivity index (χ3n) is 4.92. The van der Waals surface area contributed by atoms with Gasteiger partial charge in [-0.2, -0.15) is 0 Å². The first-order valence-corrected chi connectivity index (χ1v) is 9.08. The summed E-state index contributed by atoms with van der Waals surface area (Å²) in [7, 11) is 0. The van der Waals surface area contributed by atoms with E-state index in [1.807, 2.05) is 29.2 Å². The number of hydrogen-bond donors (Lipinski definition) is 2. The minimum Gasteiger partial charge on any atom is -0.345 e. The van der Waals surface area contributed by atoms with Crippen molar-refractivity contribution < 1.29 is 4.79 Å². The Bertz CT molecular complexity index is 1010. The zero-order chi connectivity index (χ0) is 18.8. The summed E-state index contributed by atoms with van der Waals surface area (Å²) in [5.74, 6) is 1.33. The smallest absolute Gasteiger partial charge is 0.254 e. The standard InChI is InChI=1S/C20H21N5O2/c1-13-23-17(11-18(26)24-13)14-5-4-10-25(12-14)20(27)16-7-3-2-6-15(16)19-21-8-9-22-19/h2-3,6-9,11,14H,4-5,10,12H2,1H3,(H,21,22)(H,23,24,26). The van der Waals surface area contributed by atoms with Crippen LogP contribution in [0, 0.1) is 6.92 Å². The number of amides is 1. The van der Waals surface area contributed by atoms with Crippen LogP contribution in [-0.2, 0) is 0 Å². The molecule has 3 heterocycles. The number of aryl methyl sites for hydroxylation is 1. The van der Waals surface area contributed by atoms with E-state index in [2.05, 4.69) is 19.9 Å². The van der Waals surface area contributed by atoms with Gasteiger partial charge in [-0.05, 0) is 25.8 Å². The molecule has 1 amide bonds. The summed E-state index contributed by atoms with van der Waals surface area (Å²) in [6.45, 7) is 3.03. The normalized spacial score (nSPS) is 17.1. The third-order valence-corrected chi connectivity index (χ3v) is 4.92. The van der Waals surface area contributed by atoms with Crippen molar-refractivity contribution in [2.45, 2.75) is 25.7 Å². The second-order valence-electron chi connectivity index (χ2n) is 6.83. The Hall–Kier alpha value is -3.22. The number of hydrogen-bond acceptors (Lipinski definition) is 4. The fourth-order valence-electron chi connectivity index (χ4n) is 3.67. The summed E-state index contributed by atoms with van der Waals surface area (Å²) in [4.78, 5) is 41.4. The SMILES string of the molecule is Cc1nc(C2CCCN(C(=O)c3ccccc3-c3ncc[nH]3)C2)cc(=O)[nH]1. The van der Waals surface area contributed by atoms with Gasteiger partial charge in [0.05, 0.1) is 11.3 Å². The Morgan fingerprint density at radius 3 is 2.93 bits per heavy atom. The van der Waals surface area contributed by atoms with Gasteiger partial charge in [0.25, 0.3) is 11.5 Å². The molecule has 1 aliphatic rings. The highest BCUT2D eigenvalue weighted by atomic mass is 16.2. The van der Waals surface area contributed by atoms with Crippen LogP contribution in [0.1, 0.15) is 40.6 Å². The molecule has 1 atom stereocenters. The van der Waals surface area contributed by atoms with Gasteiger partial charge in [0.1, 0.15) is 11.6 Å². The van der Waals surface area contributed by atoms with Gasteiger partial charge >= 0.3 is 0 Å². The van der Waals surface area contributed by atoms with Crippen molar-refractivity contribution in [1.29, 1.82) is 0 Å². The fourth-order valence-corrected chi connectivity index (χ4v) is 3.67. The molecule has 138 valence electrons. The van der Waals surface area contributed by atoms with Crippen molar-refractivity contribution in [1.82, 2.24) is 24.8 Å². The Labute approximate surface area is 156 Å². The van der Waals surface area contributed by atoms with Crippen molar-refractivity contribution in [2.75, 3.05) is 13.1 Å². The second-order valence-corrected chi connectivity index (χ2v) is 6.83. The molecule has 0 radical (unpaired) electrons. The highest BCUT2D eigenvalue weighted by Gasteiger charge is 2.28. The molecule has 0 aliphatic carbocycles. The Morgan fingerprint density at radius 1 is 1.30 bits per heavy atom. The number of piperidine rings is 1. The molecule has 0 saturated carbocycles. The van der Waals surface area contributed by atoms with Gasteiger partial charge in [-0.3, -0.25) is 9.59 Å². The van der Waals surface area contributed by atoms with Crippen molar-refractivity contribution in [3.8, 4) is 11.4 Å². The minimum absolute atomic E-state index is 0.0201. The van der Waals surface area contributed by atoms with Crippen LogP contribution in [0.4, 0.5) is 0 Å². The Balaban J connectivity index is 1.61. The first-order valence-electron chi connectivity index (χ1n) is 9.08. The molecule has 2 N–H and O–H groups in total. The summed E-state index contributed by atoms with van der Waals surface area (Å²) < 4.78 is 0. The number of benzene rings is 1. The van der Waals surface area contributed by atoms with Gasteiger partial charge in [-0.1, -0.05) is 18.2 Å². The lowest BCUT2D eigenvalue weighted by atomic mass is 9.93. The maximum Gasteiger partial charge on any atom is 0.254 e. The minimum atomic E-state index is -0.149. The van der Waals surface area contributed by atoms with Gasteiger partial charge in [0.2, 0.25) is 0 Å². The highest BCUT2D eigenvalue weighted by Crippen LogP contribution is 2.28. The van der Waals surface area contributed by atoms with Crippen LogP contribution in [0.15, 0.2) is 47.5 Å². The van der Waals surface area contributed by atoms with Gasteiger partial charge in [0, 0.05) is 43.0 Å². The molecule has 0 spiro atoms. The number of nitrogens with one attached hydrogen (secondary N) is 2. The van der Waals surface area contributed by atoms with E-state index in [0.29, 0.717) is 30.3 Å². The molecule has 0 bridgehead atoms. The highest BCUT2D eigenvalue weighted by molar-refractivity contribution is 6.00. The van der Waals surface area contributed by atoms with E-state index in [0.717, 1.165) is 24.1 Å². The zero-order valence-electron chi connectivity index (χ0n) is 15.1. The van der Waals surface area contributed by atoms with E-state index in [4.69, 9.17) is 0 Å². The number of likely N-dealkylation sites (tertiary alicyclic amines) is 1. The zero-order valence-corrected chi connectivity index (χ0v) is 15.1. The first-order chi connectivity index (χ1) is 13.1. The molecule has 1 fully saturated rings. The molecule has 27 heavy (non-hydrogen) atoms. The molecule has 7 heteroatoms. The number of rotatable bonds is 3. The van der Waals surface area contributed by atoms with E-state index in [1.54, 1.807) is 25.4 Å². The van der Waals surface area contributed by atoms with E-state index in [-0.39, 0.29) is 17.4 Å². The molecule has 2 aromatic heterocycles. The Morgan fingerprint density at radius 2 is 2.15 bits per heavy atom. The van der Waals surface area contributed by atoms with E-state index in [9.17, 15) is 9.59 Å². The van der Waals surface area contributed by atoms with Crippen molar-refractivity contribution in [3.63, 3.8) is 0 Å². The average Bonchev–Trinajstić information content (AvgIpc) is 3.21. The fraction of sp³-hybridized carbons (Fsp3) is 0.300. The lowest BCUT2D eigenvalue weighted by molar-refractivity contribution is 0.0706. The van der Waals surface area contributed by atoms with Crippen molar-refractivity contribution >= 4 is 5.91 Å². The molecule has 1 aliphatic heterocycles. The van der Waals surface area contributed by atoms with Crippen LogP contribution in [0.2, 0.25) is 0 Å². The molecular weight excluding hydrogens is 342 g/mol. The summed E-state index contributed by atoms with van der Waals surface area (Å²) >= 11 is 0. The lowest BCUT2D eigenvalue weighted by Crippen LogP contribution is -2.39. The molecule has 4 rings (SSSR count). The predicted molar refractivity (Wildman–Crippen MR) is 101 cm³/mol. The second kappa shape index (κ2) is 7.19. The van der Waals surface area contributed by atoms with Crippen LogP contribution >= 0.6 is 0 Å². The number of imidazole rings is 1. The van der Waals surface area contributed by atoms with Gasteiger partial charge < -0.3 is 14.9 Å². The molecular formula is C20H21N5O2. The number of nitrogens with zero attached hydrogens (tertiary/aromatic N) is 3. The van der Waals surface area contributed by atoms with E-state index >= 15 is 0 Å². The summed E-state index contributed by atoms with van der Waals surface area (Å²) in [6.07, 6.45) is 5.22. The summed E-state index contributed by atoms with van der Waals surface area (Å²) in [5, 5.41) is 0. The number of aromatic amines is 2. The largest absolute Gasteiger partial charge is 0.345 e. The summed E-state index contributed by atoms with van der Waals surface area (Å²) in [5.41, 5.74) is 2.03. The quantitative estimate of drug-likeness (QED) is 0.747. The van der Waals surface area contributed by atoms with Gasteiger partial charge in [-0.15, -0.1) is 0 Å². The summed E-state index contributed by atoms with van der Waals surface area (Å²) in [6, 6.07) is 9.04. The van der Waals surface area contributed by atoms with Crippen LogP contribution in [0.25, 0.3) is 11.4 Å². The van der Waals surface area contributed by atoms with Crippen LogP contribution in [-0.4, -0.2) is 43.8 Å². The first kappa shape index (κ1) is 17.2. The van der Waals surface area contributed by atoms with E-state index in [1.165, 1.54) is 0 Å². The molecule has 3 aromatic rings. The van der Waals surface area contributed by atoms with Crippen LogP contribution in [0.3, 0.4) is 0 Å². The predicted octanol–water partition coefficient (Wildman–Crippen LogP) is 2.49. The monoisotopic (exact) mass is 363 g/mol. The maximum absolute atomic E-state index is 13.2. The van der Waals surface area contributed by atoms with Crippen molar-refractivity contribution in [2.24, 2.45) is 0 Å². The van der Waals surface area contributed by atoms with Crippen LogP contribution < -0.4 is 5.56 Å². The van der Waals surface area contributed by atoms with Crippen molar-refractivity contribution in [3.05, 3.63) is 70.2 Å². The number of aromatic nitrogens is 4. The molecule has 1 aromatic carbocycles. The topological polar surface area (TPSA) is 94.7 Å². The molecule has 1 saturated heterocycles. The van der Waals surface area contributed by atoms with Crippen LogP contribution in [0.5, 0.6) is 0 Å². The van der Waals surface area contributed by atoms with Gasteiger partial charge in [0.15, 0.2) is 0 Å². The number of carbonyl (C=O) groups excluding carboxylic acids is 1. The molecule has 1 unspecified atom stereocenters. The third kappa shape index (κ3) is 3.53. The van der Waals surface area contributed by atoms with E-state index < -0.39 is 0 Å². The van der Waals surface area contributed by atoms with Gasteiger partial charge in [-0.25, -0.2) is 9.97 Å². The average molecular weight is 363 g/mol. The molecule has 7 nitrogen and oxygen atoms in total. The number of carbonyl (C=O) groups is 1. The number of H-pyrrole nitrogens is 2. The lowest BCUT2D eigenvalue weighted by Gasteiger charge is -2.33.